The maximum atomic E-state index is 12.9. The second-order valence-corrected chi connectivity index (χ2v) is 11.1. The van der Waals surface area contributed by atoms with Crippen molar-refractivity contribution >= 4 is 23.0 Å². The standard InChI is InChI=1S/C21H32ClN2O2S/c1-21(2,3)27(25)24-20(15-8-10-23-11-9-15)17-12-18(22)16(13-19(17)26-4)14-6-5-7-14/h12-15,20,23H,5-11H2,1-4H3/q-1/t20-,27?/m1/s1. The minimum Gasteiger partial charge on any atom is -0.627 e. The topological polar surface area (TPSA) is 58.4 Å². The molecule has 2 atom stereocenters. The lowest BCUT2D eigenvalue weighted by Crippen LogP contribution is -2.34. The molecule has 2 aliphatic rings. The number of nitrogens with zero attached hydrogens (tertiary/aromatic N) is 1. The highest BCUT2D eigenvalue weighted by molar-refractivity contribution is 7.95. The average molecular weight is 412 g/mol. The van der Waals surface area contributed by atoms with E-state index in [1.807, 2.05) is 26.8 Å². The first kappa shape index (κ1) is 21.3. The number of hydrogen-bond donors (Lipinski definition) is 1. The Morgan fingerprint density at radius 3 is 2.41 bits per heavy atom. The fraction of sp³-hybridized carbons (Fsp3) is 0.714. The molecule has 0 aromatic heterocycles. The van der Waals surface area contributed by atoms with Gasteiger partial charge in [-0.2, -0.15) is 0 Å². The zero-order valence-electron chi connectivity index (χ0n) is 16.9. The molecule has 1 N–H and O–H groups in total. The Balaban J connectivity index is 1.95. The molecule has 0 bridgehead atoms. The third-order valence-electron chi connectivity index (χ3n) is 5.78. The van der Waals surface area contributed by atoms with Gasteiger partial charge in [0.05, 0.1) is 7.11 Å². The Kier molecular flexibility index (Phi) is 7.02. The second-order valence-electron chi connectivity index (χ2n) is 8.74. The lowest BCUT2D eigenvalue weighted by Gasteiger charge is -2.45. The number of nitrogens with one attached hydrogen (secondary N) is 1. The molecule has 2 fully saturated rings. The van der Waals surface area contributed by atoms with Crippen molar-refractivity contribution in [1.29, 1.82) is 0 Å². The molecule has 3 rings (SSSR count). The molecule has 152 valence electrons. The Labute approximate surface area is 172 Å². The van der Waals surface area contributed by atoms with E-state index >= 15 is 0 Å². The van der Waals surface area contributed by atoms with Gasteiger partial charge >= 0.3 is 0 Å². The largest absolute Gasteiger partial charge is 0.627 e. The van der Waals surface area contributed by atoms with Crippen LogP contribution in [0.25, 0.3) is 4.72 Å². The first-order valence-electron chi connectivity index (χ1n) is 10.0. The van der Waals surface area contributed by atoms with Crippen molar-refractivity contribution in [2.24, 2.45) is 5.92 Å². The van der Waals surface area contributed by atoms with E-state index in [0.717, 1.165) is 42.3 Å². The first-order chi connectivity index (χ1) is 12.8. The van der Waals surface area contributed by atoms with Crippen LogP contribution in [0, 0.1) is 5.92 Å². The van der Waals surface area contributed by atoms with Crippen LogP contribution in [-0.2, 0) is 11.4 Å². The summed E-state index contributed by atoms with van der Waals surface area (Å²) in [6, 6.07) is 3.98. The van der Waals surface area contributed by atoms with Gasteiger partial charge in [0.15, 0.2) is 0 Å². The van der Waals surface area contributed by atoms with Crippen LogP contribution in [0.1, 0.15) is 76.0 Å². The van der Waals surface area contributed by atoms with Gasteiger partial charge in [-0.25, -0.2) is 0 Å². The van der Waals surface area contributed by atoms with E-state index in [1.54, 1.807) is 7.11 Å². The molecule has 1 aromatic rings. The summed E-state index contributed by atoms with van der Waals surface area (Å²) < 4.78 is 23.1. The summed E-state index contributed by atoms with van der Waals surface area (Å²) in [4.78, 5) is 0. The third kappa shape index (κ3) is 4.94. The van der Waals surface area contributed by atoms with Gasteiger partial charge in [-0.05, 0) is 94.6 Å². The van der Waals surface area contributed by atoms with Crippen LogP contribution in [-0.4, -0.2) is 29.5 Å². The lowest BCUT2D eigenvalue weighted by molar-refractivity contribution is 0.333. The molecular formula is C21H32ClN2O2S-. The number of rotatable bonds is 6. The van der Waals surface area contributed by atoms with Crippen LogP contribution in [0.3, 0.4) is 0 Å². The second kappa shape index (κ2) is 8.91. The number of ether oxygens (including phenoxy) is 1. The lowest BCUT2D eigenvalue weighted by atomic mass is 9.78. The molecule has 0 radical (unpaired) electrons. The van der Waals surface area contributed by atoms with Crippen molar-refractivity contribution < 1.29 is 9.29 Å². The van der Waals surface area contributed by atoms with Crippen molar-refractivity contribution in [3.63, 3.8) is 0 Å². The van der Waals surface area contributed by atoms with Crippen LogP contribution in [0.4, 0.5) is 0 Å². The SMILES string of the molecule is COc1cc(C2CCC2)c(Cl)cc1[C@H]([N-][S+]([O-])C(C)(C)C)C1CCNCC1. The van der Waals surface area contributed by atoms with E-state index in [9.17, 15) is 4.55 Å². The van der Waals surface area contributed by atoms with Gasteiger partial charge in [-0.15, -0.1) is 11.4 Å². The minimum absolute atomic E-state index is 0.157. The fourth-order valence-electron chi connectivity index (χ4n) is 3.84. The van der Waals surface area contributed by atoms with Crippen molar-refractivity contribution in [3.05, 3.63) is 33.0 Å². The van der Waals surface area contributed by atoms with Gasteiger partial charge in [0, 0.05) is 5.02 Å². The molecule has 0 spiro atoms. The number of hydrogen-bond acceptors (Lipinski definition) is 3. The highest BCUT2D eigenvalue weighted by Gasteiger charge is 2.29. The Morgan fingerprint density at radius 1 is 1.22 bits per heavy atom. The van der Waals surface area contributed by atoms with E-state index in [-0.39, 0.29) is 10.8 Å². The molecule has 1 saturated heterocycles. The fourth-order valence-corrected chi connectivity index (χ4v) is 4.98. The highest BCUT2D eigenvalue weighted by Crippen LogP contribution is 2.47. The molecular weight excluding hydrogens is 380 g/mol. The molecule has 1 unspecified atom stereocenters. The molecule has 1 aromatic carbocycles. The van der Waals surface area contributed by atoms with E-state index in [2.05, 4.69) is 11.4 Å². The van der Waals surface area contributed by atoms with E-state index in [1.165, 1.54) is 24.8 Å². The summed E-state index contributed by atoms with van der Waals surface area (Å²) in [5, 5.41) is 4.21. The van der Waals surface area contributed by atoms with Crippen molar-refractivity contribution in [3.8, 4) is 5.75 Å². The molecule has 1 aliphatic carbocycles. The predicted molar refractivity (Wildman–Crippen MR) is 114 cm³/mol. The first-order valence-corrected chi connectivity index (χ1v) is 11.5. The molecule has 1 heterocycles. The van der Waals surface area contributed by atoms with Gasteiger partial charge in [0.25, 0.3) is 0 Å². The van der Waals surface area contributed by atoms with Gasteiger partial charge < -0.3 is 19.3 Å². The van der Waals surface area contributed by atoms with Crippen molar-refractivity contribution in [1.82, 2.24) is 5.32 Å². The van der Waals surface area contributed by atoms with E-state index in [4.69, 9.17) is 21.1 Å². The third-order valence-corrected chi connectivity index (χ3v) is 7.57. The van der Waals surface area contributed by atoms with E-state index in [0.29, 0.717) is 11.8 Å². The number of benzene rings is 1. The summed E-state index contributed by atoms with van der Waals surface area (Å²) in [6.07, 6.45) is 5.68. The molecule has 1 saturated carbocycles. The number of methoxy groups -OCH3 is 1. The molecule has 1 aliphatic heterocycles. The summed E-state index contributed by atoms with van der Waals surface area (Å²) in [6.45, 7) is 7.84. The number of piperidine rings is 1. The molecule has 6 heteroatoms. The normalized spacial score (nSPS) is 21.6. The Morgan fingerprint density at radius 2 is 1.89 bits per heavy atom. The minimum atomic E-state index is -1.29. The summed E-state index contributed by atoms with van der Waals surface area (Å²) in [5.41, 5.74) is 2.17. The summed E-state index contributed by atoms with van der Waals surface area (Å²) in [7, 11) is 1.71. The maximum absolute atomic E-state index is 12.9. The van der Waals surface area contributed by atoms with Crippen LogP contribution in [0.15, 0.2) is 12.1 Å². The summed E-state index contributed by atoms with van der Waals surface area (Å²) >= 11 is 5.40. The van der Waals surface area contributed by atoms with Gasteiger partial charge in [-0.1, -0.05) is 24.1 Å². The van der Waals surface area contributed by atoms with Gasteiger partial charge in [-0.3, -0.25) is 0 Å². The molecule has 0 amide bonds. The van der Waals surface area contributed by atoms with Crippen LogP contribution >= 0.6 is 11.6 Å². The van der Waals surface area contributed by atoms with Crippen molar-refractivity contribution in [2.45, 2.75) is 69.6 Å². The van der Waals surface area contributed by atoms with Crippen LogP contribution in [0.2, 0.25) is 5.02 Å². The monoisotopic (exact) mass is 411 g/mol. The van der Waals surface area contributed by atoms with Crippen LogP contribution in [0.5, 0.6) is 5.75 Å². The van der Waals surface area contributed by atoms with Gasteiger partial charge in [0.2, 0.25) is 0 Å². The van der Waals surface area contributed by atoms with E-state index < -0.39 is 11.4 Å². The quantitative estimate of drug-likeness (QED) is 0.629. The van der Waals surface area contributed by atoms with Crippen molar-refractivity contribution in [2.75, 3.05) is 20.2 Å². The zero-order valence-corrected chi connectivity index (χ0v) is 18.5. The Hall–Kier alpha value is -0.460. The predicted octanol–water partition coefficient (Wildman–Crippen LogP) is 5.49. The Bertz CT molecular complexity index is 640. The number of halogens is 1. The van der Waals surface area contributed by atoms with Crippen LogP contribution < -0.4 is 10.1 Å². The molecule has 27 heavy (non-hydrogen) atoms. The zero-order chi connectivity index (χ0) is 19.6. The molecule has 4 nitrogen and oxygen atoms in total. The van der Waals surface area contributed by atoms with Gasteiger partial charge in [0.1, 0.15) is 10.5 Å². The summed E-state index contributed by atoms with van der Waals surface area (Å²) in [5.74, 6) is 1.72. The average Bonchev–Trinajstić information content (AvgIpc) is 2.59. The smallest absolute Gasteiger partial charge is 0.121 e. The highest BCUT2D eigenvalue weighted by atomic mass is 35.5. The maximum Gasteiger partial charge on any atom is 0.121 e.